The van der Waals surface area contributed by atoms with Crippen molar-refractivity contribution in [3.63, 3.8) is 0 Å². The molecule has 11 heavy (non-hydrogen) atoms. The zero-order chi connectivity index (χ0) is 8.43. The summed E-state index contributed by atoms with van der Waals surface area (Å²) in [7, 11) is 0. The summed E-state index contributed by atoms with van der Waals surface area (Å²) in [6.07, 6.45) is 1.81. The Balaban J connectivity index is 2.76. The highest BCUT2D eigenvalue weighted by molar-refractivity contribution is 5.13. The van der Waals surface area contributed by atoms with Gasteiger partial charge in [-0.15, -0.1) is 0 Å². The minimum Gasteiger partial charge on any atom is -0.469 e. The quantitative estimate of drug-likeness (QED) is 0.633. The Morgan fingerprint density at radius 2 is 1.91 bits per heavy atom. The molecule has 0 aliphatic rings. The third-order valence-corrected chi connectivity index (χ3v) is 2.20. The molecule has 1 atom stereocenters. The lowest BCUT2D eigenvalue weighted by Gasteiger charge is -2.11. The van der Waals surface area contributed by atoms with Crippen LogP contribution in [0, 0.1) is 12.8 Å². The van der Waals surface area contributed by atoms with Crippen molar-refractivity contribution < 1.29 is 4.42 Å². The second-order valence-corrected chi connectivity index (χ2v) is 3.56. The fourth-order valence-electron chi connectivity index (χ4n) is 1.02. The van der Waals surface area contributed by atoms with Crippen LogP contribution in [0.25, 0.3) is 0 Å². The molecule has 1 aromatic rings. The standard InChI is InChI=1S/C10H16O/c1-7(2)9(4)10-5-8(3)6-11-10/h5-7,9H,1-4H3/t9-/m1/s1. The van der Waals surface area contributed by atoms with Crippen molar-refractivity contribution in [1.29, 1.82) is 0 Å². The van der Waals surface area contributed by atoms with Crippen LogP contribution in [0.1, 0.15) is 38.0 Å². The van der Waals surface area contributed by atoms with Crippen LogP contribution in [0.2, 0.25) is 0 Å². The fourth-order valence-corrected chi connectivity index (χ4v) is 1.02. The third kappa shape index (κ3) is 1.86. The van der Waals surface area contributed by atoms with Crippen LogP contribution >= 0.6 is 0 Å². The minimum absolute atomic E-state index is 0.531. The Labute approximate surface area is 68.4 Å². The van der Waals surface area contributed by atoms with Gasteiger partial charge in [0.15, 0.2) is 0 Å². The number of rotatable bonds is 2. The Morgan fingerprint density at radius 3 is 2.27 bits per heavy atom. The molecule has 0 N–H and O–H groups in total. The molecule has 1 nitrogen and oxygen atoms in total. The zero-order valence-corrected chi connectivity index (χ0v) is 7.72. The molecule has 0 saturated carbocycles. The molecule has 1 heterocycles. The molecule has 0 saturated heterocycles. The average Bonchev–Trinajstić information content (AvgIpc) is 2.34. The molecule has 0 bridgehead atoms. The zero-order valence-electron chi connectivity index (χ0n) is 7.72. The summed E-state index contributed by atoms with van der Waals surface area (Å²) in [5.74, 6) is 2.29. The lowest BCUT2D eigenvalue weighted by molar-refractivity contribution is 0.414. The lowest BCUT2D eigenvalue weighted by Crippen LogP contribution is -1.99. The first kappa shape index (κ1) is 8.38. The van der Waals surface area contributed by atoms with Crippen LogP contribution in [0.5, 0.6) is 0 Å². The van der Waals surface area contributed by atoms with Gasteiger partial charge in [-0.2, -0.15) is 0 Å². The van der Waals surface area contributed by atoms with Gasteiger partial charge in [0.1, 0.15) is 5.76 Å². The van der Waals surface area contributed by atoms with Crippen LogP contribution in [0.15, 0.2) is 16.7 Å². The van der Waals surface area contributed by atoms with Crippen molar-refractivity contribution in [2.45, 2.75) is 33.6 Å². The maximum absolute atomic E-state index is 5.39. The van der Waals surface area contributed by atoms with E-state index in [1.165, 1.54) is 5.56 Å². The van der Waals surface area contributed by atoms with E-state index in [1.807, 2.05) is 6.26 Å². The van der Waals surface area contributed by atoms with Crippen molar-refractivity contribution >= 4 is 0 Å². The van der Waals surface area contributed by atoms with Gasteiger partial charge in [-0.25, -0.2) is 0 Å². The van der Waals surface area contributed by atoms with Gasteiger partial charge in [0.25, 0.3) is 0 Å². The highest BCUT2D eigenvalue weighted by atomic mass is 16.3. The van der Waals surface area contributed by atoms with E-state index in [9.17, 15) is 0 Å². The highest BCUT2D eigenvalue weighted by Crippen LogP contribution is 2.24. The maximum Gasteiger partial charge on any atom is 0.107 e. The van der Waals surface area contributed by atoms with E-state index in [4.69, 9.17) is 4.42 Å². The Kier molecular flexibility index (Phi) is 2.38. The molecule has 1 aromatic heterocycles. The summed E-state index contributed by atoms with van der Waals surface area (Å²) in [5, 5.41) is 0. The van der Waals surface area contributed by atoms with Crippen LogP contribution in [-0.2, 0) is 0 Å². The largest absolute Gasteiger partial charge is 0.469 e. The molecule has 1 rings (SSSR count). The molecule has 0 aliphatic carbocycles. The molecular weight excluding hydrogens is 136 g/mol. The van der Waals surface area contributed by atoms with E-state index < -0.39 is 0 Å². The molecule has 0 spiro atoms. The van der Waals surface area contributed by atoms with Crippen LogP contribution in [0.4, 0.5) is 0 Å². The number of furan rings is 1. The normalized spacial score (nSPS) is 13.9. The SMILES string of the molecule is Cc1coc([C@H](C)C(C)C)c1. The molecule has 62 valence electrons. The third-order valence-electron chi connectivity index (χ3n) is 2.20. The number of hydrogen-bond acceptors (Lipinski definition) is 1. The van der Waals surface area contributed by atoms with E-state index in [0.717, 1.165) is 5.76 Å². The maximum atomic E-state index is 5.39. The second-order valence-electron chi connectivity index (χ2n) is 3.56. The van der Waals surface area contributed by atoms with Gasteiger partial charge in [0.05, 0.1) is 6.26 Å². The van der Waals surface area contributed by atoms with E-state index >= 15 is 0 Å². The van der Waals surface area contributed by atoms with Crippen LogP contribution in [0.3, 0.4) is 0 Å². The second kappa shape index (κ2) is 3.12. The van der Waals surface area contributed by atoms with Crippen molar-refractivity contribution in [2.24, 2.45) is 5.92 Å². The van der Waals surface area contributed by atoms with E-state index in [0.29, 0.717) is 11.8 Å². The number of aryl methyl sites for hydroxylation is 1. The molecule has 0 radical (unpaired) electrons. The van der Waals surface area contributed by atoms with Crippen molar-refractivity contribution in [1.82, 2.24) is 0 Å². The van der Waals surface area contributed by atoms with Crippen LogP contribution in [-0.4, -0.2) is 0 Å². The highest BCUT2D eigenvalue weighted by Gasteiger charge is 2.12. The molecule has 0 unspecified atom stereocenters. The first-order valence-corrected chi connectivity index (χ1v) is 4.16. The number of hydrogen-bond donors (Lipinski definition) is 0. The lowest BCUT2D eigenvalue weighted by atomic mass is 9.95. The Hall–Kier alpha value is -0.720. The monoisotopic (exact) mass is 152 g/mol. The molecule has 0 amide bonds. The average molecular weight is 152 g/mol. The van der Waals surface area contributed by atoms with Gasteiger partial charge in [0, 0.05) is 5.92 Å². The van der Waals surface area contributed by atoms with E-state index in [1.54, 1.807) is 0 Å². The first-order chi connectivity index (χ1) is 5.11. The summed E-state index contributed by atoms with van der Waals surface area (Å²) in [4.78, 5) is 0. The molecule has 1 heteroatoms. The van der Waals surface area contributed by atoms with Gasteiger partial charge >= 0.3 is 0 Å². The molecule has 0 aromatic carbocycles. The van der Waals surface area contributed by atoms with Crippen molar-refractivity contribution in [3.05, 3.63) is 23.7 Å². The van der Waals surface area contributed by atoms with Gasteiger partial charge in [-0.3, -0.25) is 0 Å². The molecule has 0 fully saturated rings. The van der Waals surface area contributed by atoms with Crippen molar-refractivity contribution in [3.8, 4) is 0 Å². The molecule has 0 aliphatic heterocycles. The van der Waals surface area contributed by atoms with E-state index in [2.05, 4.69) is 33.8 Å². The smallest absolute Gasteiger partial charge is 0.107 e. The minimum atomic E-state index is 0.531. The summed E-state index contributed by atoms with van der Waals surface area (Å²) < 4.78 is 5.39. The fraction of sp³-hybridized carbons (Fsp3) is 0.600. The van der Waals surface area contributed by atoms with Gasteiger partial charge in [0.2, 0.25) is 0 Å². The summed E-state index contributed by atoms with van der Waals surface area (Å²) in [5.41, 5.74) is 1.22. The van der Waals surface area contributed by atoms with E-state index in [-0.39, 0.29) is 0 Å². The predicted octanol–water partition coefficient (Wildman–Crippen LogP) is 3.35. The predicted molar refractivity (Wildman–Crippen MR) is 46.7 cm³/mol. The Morgan fingerprint density at radius 1 is 1.27 bits per heavy atom. The van der Waals surface area contributed by atoms with Crippen LogP contribution < -0.4 is 0 Å². The summed E-state index contributed by atoms with van der Waals surface area (Å²) >= 11 is 0. The van der Waals surface area contributed by atoms with Gasteiger partial charge < -0.3 is 4.42 Å². The topological polar surface area (TPSA) is 13.1 Å². The Bertz CT molecular complexity index is 223. The first-order valence-electron chi connectivity index (χ1n) is 4.16. The van der Waals surface area contributed by atoms with Gasteiger partial charge in [-0.05, 0) is 24.5 Å². The van der Waals surface area contributed by atoms with Gasteiger partial charge in [-0.1, -0.05) is 20.8 Å². The van der Waals surface area contributed by atoms with Crippen molar-refractivity contribution in [2.75, 3.05) is 0 Å². The molecular formula is C10H16O. The summed E-state index contributed by atoms with van der Waals surface area (Å²) in [6.45, 7) is 8.67. The summed E-state index contributed by atoms with van der Waals surface area (Å²) in [6, 6.07) is 2.12.